The van der Waals surface area contributed by atoms with Gasteiger partial charge in [0.15, 0.2) is 0 Å². The standard InChI is InChI=1S/C20H25N/c1-13-9-14(2)20(15(3)10-13)19(21-4)12-17-11-16-7-5-6-8-18(16)17/h5-10,17,19,21H,11-12H2,1-4H3. The molecule has 0 radical (unpaired) electrons. The van der Waals surface area contributed by atoms with Crippen LogP contribution in [0.1, 0.15) is 51.8 Å². The summed E-state index contributed by atoms with van der Waals surface area (Å²) < 4.78 is 0. The molecule has 1 nitrogen and oxygen atoms in total. The zero-order valence-corrected chi connectivity index (χ0v) is 13.5. The van der Waals surface area contributed by atoms with Crippen molar-refractivity contribution < 1.29 is 0 Å². The van der Waals surface area contributed by atoms with Crippen molar-refractivity contribution in [2.24, 2.45) is 0 Å². The molecule has 21 heavy (non-hydrogen) atoms. The first-order valence-electron chi connectivity index (χ1n) is 7.93. The van der Waals surface area contributed by atoms with Gasteiger partial charge < -0.3 is 5.32 Å². The predicted molar refractivity (Wildman–Crippen MR) is 90.0 cm³/mol. The van der Waals surface area contributed by atoms with Gasteiger partial charge in [-0.3, -0.25) is 0 Å². The Kier molecular flexibility index (Phi) is 3.86. The molecular weight excluding hydrogens is 254 g/mol. The molecule has 2 aromatic carbocycles. The van der Waals surface area contributed by atoms with E-state index in [0.717, 1.165) is 0 Å². The molecular formula is C20H25N. The number of hydrogen-bond acceptors (Lipinski definition) is 1. The molecule has 2 aromatic rings. The van der Waals surface area contributed by atoms with E-state index in [1.165, 1.54) is 40.7 Å². The summed E-state index contributed by atoms with van der Waals surface area (Å²) in [7, 11) is 2.09. The summed E-state index contributed by atoms with van der Waals surface area (Å²) in [6, 6.07) is 13.9. The molecule has 0 heterocycles. The third kappa shape index (κ3) is 2.63. The van der Waals surface area contributed by atoms with Gasteiger partial charge in [-0.15, -0.1) is 0 Å². The largest absolute Gasteiger partial charge is 0.313 e. The van der Waals surface area contributed by atoms with Gasteiger partial charge >= 0.3 is 0 Å². The van der Waals surface area contributed by atoms with E-state index < -0.39 is 0 Å². The van der Waals surface area contributed by atoms with Gasteiger partial charge in [-0.05, 0) is 74.4 Å². The maximum atomic E-state index is 3.55. The Hall–Kier alpha value is -1.60. The van der Waals surface area contributed by atoms with Gasteiger partial charge in [0, 0.05) is 6.04 Å². The molecule has 2 unspecified atom stereocenters. The van der Waals surface area contributed by atoms with E-state index in [1.807, 2.05) is 0 Å². The van der Waals surface area contributed by atoms with Gasteiger partial charge in [-0.25, -0.2) is 0 Å². The van der Waals surface area contributed by atoms with E-state index >= 15 is 0 Å². The normalized spacial score (nSPS) is 18.0. The average molecular weight is 279 g/mol. The molecule has 0 amide bonds. The van der Waals surface area contributed by atoms with Crippen LogP contribution in [0.4, 0.5) is 0 Å². The van der Waals surface area contributed by atoms with Crippen molar-refractivity contribution in [2.45, 2.75) is 45.6 Å². The topological polar surface area (TPSA) is 12.0 Å². The fourth-order valence-corrected chi connectivity index (χ4v) is 3.98. The lowest BCUT2D eigenvalue weighted by atomic mass is 9.73. The minimum Gasteiger partial charge on any atom is -0.313 e. The van der Waals surface area contributed by atoms with E-state index in [2.05, 4.69) is 69.5 Å². The average Bonchev–Trinajstić information content (AvgIpc) is 2.41. The molecule has 0 aliphatic heterocycles. The molecule has 2 atom stereocenters. The summed E-state index contributed by atoms with van der Waals surface area (Å²) >= 11 is 0. The smallest absolute Gasteiger partial charge is 0.0328 e. The number of hydrogen-bond donors (Lipinski definition) is 1. The third-order valence-corrected chi connectivity index (χ3v) is 4.92. The van der Waals surface area contributed by atoms with Crippen molar-refractivity contribution in [1.29, 1.82) is 0 Å². The maximum absolute atomic E-state index is 3.55. The second kappa shape index (κ2) is 5.65. The Morgan fingerprint density at radius 3 is 2.38 bits per heavy atom. The lowest BCUT2D eigenvalue weighted by molar-refractivity contribution is 0.450. The van der Waals surface area contributed by atoms with Crippen LogP contribution >= 0.6 is 0 Å². The van der Waals surface area contributed by atoms with Crippen molar-refractivity contribution in [2.75, 3.05) is 7.05 Å². The number of benzene rings is 2. The first kappa shape index (κ1) is 14.3. The van der Waals surface area contributed by atoms with Gasteiger partial charge in [0.05, 0.1) is 0 Å². The van der Waals surface area contributed by atoms with E-state index in [-0.39, 0.29) is 0 Å². The lowest BCUT2D eigenvalue weighted by Gasteiger charge is -2.34. The van der Waals surface area contributed by atoms with E-state index in [1.54, 1.807) is 5.56 Å². The minimum atomic E-state index is 0.448. The Labute approximate surface area is 128 Å². The first-order valence-corrected chi connectivity index (χ1v) is 7.93. The van der Waals surface area contributed by atoms with Crippen LogP contribution in [0, 0.1) is 20.8 Å². The highest BCUT2D eigenvalue weighted by molar-refractivity contribution is 5.43. The van der Waals surface area contributed by atoms with Gasteiger partial charge in [0.1, 0.15) is 0 Å². The van der Waals surface area contributed by atoms with Gasteiger partial charge in [-0.1, -0.05) is 42.0 Å². The highest BCUT2D eigenvalue weighted by Gasteiger charge is 2.29. The molecule has 1 N–H and O–H groups in total. The highest BCUT2D eigenvalue weighted by atomic mass is 14.9. The molecule has 3 rings (SSSR count). The molecule has 0 saturated carbocycles. The molecule has 0 aromatic heterocycles. The Morgan fingerprint density at radius 1 is 1.10 bits per heavy atom. The molecule has 1 heteroatoms. The third-order valence-electron chi connectivity index (χ3n) is 4.92. The second-order valence-electron chi connectivity index (χ2n) is 6.49. The number of rotatable bonds is 4. The molecule has 1 aliphatic carbocycles. The van der Waals surface area contributed by atoms with Crippen LogP contribution in [0.3, 0.4) is 0 Å². The van der Waals surface area contributed by atoms with Crippen molar-refractivity contribution >= 4 is 0 Å². The van der Waals surface area contributed by atoms with Crippen molar-refractivity contribution in [3.63, 3.8) is 0 Å². The molecule has 0 saturated heterocycles. The van der Waals surface area contributed by atoms with Gasteiger partial charge in [0.2, 0.25) is 0 Å². The van der Waals surface area contributed by atoms with Crippen LogP contribution in [-0.2, 0) is 6.42 Å². The molecule has 1 aliphatic rings. The van der Waals surface area contributed by atoms with Crippen molar-refractivity contribution in [3.8, 4) is 0 Å². The first-order chi connectivity index (χ1) is 10.1. The van der Waals surface area contributed by atoms with Crippen LogP contribution < -0.4 is 5.32 Å². The van der Waals surface area contributed by atoms with Crippen LogP contribution in [0.15, 0.2) is 36.4 Å². The number of aryl methyl sites for hydroxylation is 3. The zero-order chi connectivity index (χ0) is 15.0. The van der Waals surface area contributed by atoms with E-state index in [0.29, 0.717) is 12.0 Å². The summed E-state index contributed by atoms with van der Waals surface area (Å²) in [5.74, 6) is 0.707. The second-order valence-corrected chi connectivity index (χ2v) is 6.49. The Morgan fingerprint density at radius 2 is 1.76 bits per heavy atom. The van der Waals surface area contributed by atoms with E-state index in [9.17, 15) is 0 Å². The summed E-state index contributed by atoms with van der Waals surface area (Å²) in [5, 5.41) is 3.55. The minimum absolute atomic E-state index is 0.448. The fourth-order valence-electron chi connectivity index (χ4n) is 3.98. The zero-order valence-electron chi connectivity index (χ0n) is 13.5. The Balaban J connectivity index is 1.85. The molecule has 0 fully saturated rings. The number of fused-ring (bicyclic) bond motifs is 1. The number of nitrogens with one attached hydrogen (secondary N) is 1. The van der Waals surface area contributed by atoms with E-state index in [4.69, 9.17) is 0 Å². The predicted octanol–water partition coefficient (Wildman–Crippen LogP) is 4.60. The molecule has 0 spiro atoms. The van der Waals surface area contributed by atoms with Crippen molar-refractivity contribution in [1.82, 2.24) is 5.32 Å². The summed E-state index contributed by atoms with van der Waals surface area (Å²) in [6.45, 7) is 6.67. The summed E-state index contributed by atoms with van der Waals surface area (Å²) in [6.07, 6.45) is 2.43. The lowest BCUT2D eigenvalue weighted by Crippen LogP contribution is -2.26. The SMILES string of the molecule is CNC(CC1Cc2ccccc21)c1c(C)cc(C)cc1C. The molecule has 110 valence electrons. The quantitative estimate of drug-likeness (QED) is 0.862. The summed E-state index contributed by atoms with van der Waals surface area (Å²) in [4.78, 5) is 0. The summed E-state index contributed by atoms with van der Waals surface area (Å²) in [5.41, 5.74) is 8.78. The fraction of sp³-hybridized carbons (Fsp3) is 0.400. The van der Waals surface area contributed by atoms with Crippen LogP contribution in [0.2, 0.25) is 0 Å². The van der Waals surface area contributed by atoms with Gasteiger partial charge in [0.25, 0.3) is 0 Å². The Bertz CT molecular complexity index is 634. The van der Waals surface area contributed by atoms with Crippen molar-refractivity contribution in [3.05, 3.63) is 69.8 Å². The highest BCUT2D eigenvalue weighted by Crippen LogP contribution is 2.41. The van der Waals surface area contributed by atoms with Crippen LogP contribution in [0.25, 0.3) is 0 Å². The molecule has 0 bridgehead atoms. The van der Waals surface area contributed by atoms with Crippen LogP contribution in [-0.4, -0.2) is 7.05 Å². The monoisotopic (exact) mass is 279 g/mol. The van der Waals surface area contributed by atoms with Crippen LogP contribution in [0.5, 0.6) is 0 Å². The van der Waals surface area contributed by atoms with Gasteiger partial charge in [-0.2, -0.15) is 0 Å². The maximum Gasteiger partial charge on any atom is 0.0328 e.